The zero-order valence-corrected chi connectivity index (χ0v) is 16.6. The number of aromatic hydroxyl groups is 1. The molecule has 28 heavy (non-hydrogen) atoms. The van der Waals surface area contributed by atoms with Crippen LogP contribution in [-0.4, -0.2) is 29.5 Å². The van der Waals surface area contributed by atoms with E-state index in [2.05, 4.69) is 10.6 Å². The van der Waals surface area contributed by atoms with Gasteiger partial charge in [0.05, 0.1) is 7.11 Å². The minimum absolute atomic E-state index is 0.0168. The van der Waals surface area contributed by atoms with Crippen LogP contribution in [0.15, 0.2) is 36.4 Å². The van der Waals surface area contributed by atoms with Crippen LogP contribution in [0, 0.1) is 6.92 Å². The van der Waals surface area contributed by atoms with Gasteiger partial charge >= 0.3 is 6.03 Å². The third-order valence-electron chi connectivity index (χ3n) is 5.65. The molecule has 6 heteroatoms. The molecule has 1 fully saturated rings. The van der Waals surface area contributed by atoms with Crippen molar-refractivity contribution in [3.63, 3.8) is 0 Å². The lowest BCUT2D eigenvalue weighted by Gasteiger charge is -2.49. The number of carbonyl (C=O) groups is 1. The summed E-state index contributed by atoms with van der Waals surface area (Å²) in [6.07, 6.45) is 1.21. The molecule has 4 rings (SSSR count). The maximum Gasteiger partial charge on any atom is 0.318 e. The highest BCUT2D eigenvalue weighted by Crippen LogP contribution is 2.49. The van der Waals surface area contributed by atoms with Gasteiger partial charge in [0.1, 0.15) is 17.2 Å². The molecule has 0 radical (unpaired) electrons. The van der Waals surface area contributed by atoms with E-state index in [1.54, 1.807) is 13.2 Å². The number of phenols is 1. The van der Waals surface area contributed by atoms with Crippen LogP contribution in [0.2, 0.25) is 0 Å². The van der Waals surface area contributed by atoms with Crippen molar-refractivity contribution in [2.45, 2.75) is 50.8 Å². The van der Waals surface area contributed by atoms with Gasteiger partial charge in [-0.1, -0.05) is 18.2 Å². The van der Waals surface area contributed by atoms with E-state index in [4.69, 9.17) is 9.47 Å². The maximum atomic E-state index is 12.4. The summed E-state index contributed by atoms with van der Waals surface area (Å²) in [5, 5.41) is 16.2. The molecule has 2 heterocycles. The van der Waals surface area contributed by atoms with Gasteiger partial charge in [-0.15, -0.1) is 0 Å². The number of ether oxygens (including phenoxy) is 2. The lowest BCUT2D eigenvalue weighted by molar-refractivity contribution is -0.0241. The molecule has 2 aromatic carbocycles. The number of hydrogen-bond donors (Lipinski definition) is 3. The van der Waals surface area contributed by atoms with Gasteiger partial charge in [0.25, 0.3) is 0 Å². The van der Waals surface area contributed by atoms with Gasteiger partial charge in [-0.3, -0.25) is 0 Å². The lowest BCUT2D eigenvalue weighted by Crippen LogP contribution is -2.69. The highest BCUT2D eigenvalue weighted by Gasteiger charge is 2.50. The second kappa shape index (κ2) is 6.33. The Bertz CT molecular complexity index is 923. The Labute approximate surface area is 164 Å². The first-order valence-corrected chi connectivity index (χ1v) is 9.48. The van der Waals surface area contributed by atoms with E-state index in [0.717, 1.165) is 16.9 Å². The third kappa shape index (κ3) is 3.13. The molecule has 148 valence electrons. The summed E-state index contributed by atoms with van der Waals surface area (Å²) < 4.78 is 11.7. The van der Waals surface area contributed by atoms with Crippen LogP contribution in [0.1, 0.15) is 49.3 Å². The molecule has 0 saturated carbocycles. The molecule has 2 aliphatic heterocycles. The van der Waals surface area contributed by atoms with Crippen molar-refractivity contribution in [3.8, 4) is 17.2 Å². The first kappa shape index (κ1) is 18.5. The number of urea groups is 1. The summed E-state index contributed by atoms with van der Waals surface area (Å²) in [6.45, 7) is 5.82. The topological polar surface area (TPSA) is 79.8 Å². The average Bonchev–Trinajstić information content (AvgIpc) is 2.63. The summed E-state index contributed by atoms with van der Waals surface area (Å²) >= 11 is 0. The van der Waals surface area contributed by atoms with Crippen LogP contribution < -0.4 is 20.1 Å². The smallest absolute Gasteiger partial charge is 0.318 e. The summed E-state index contributed by atoms with van der Waals surface area (Å²) in [4.78, 5) is 12.4. The Hall–Kier alpha value is -2.89. The van der Waals surface area contributed by atoms with E-state index < -0.39 is 11.3 Å². The lowest BCUT2D eigenvalue weighted by atomic mass is 9.76. The molecule has 2 aliphatic rings. The molecule has 2 atom stereocenters. The Morgan fingerprint density at radius 2 is 1.86 bits per heavy atom. The average molecular weight is 382 g/mol. The van der Waals surface area contributed by atoms with Gasteiger partial charge in [-0.05, 0) is 44.5 Å². The molecule has 2 aromatic rings. The van der Waals surface area contributed by atoms with Gasteiger partial charge < -0.3 is 25.2 Å². The van der Waals surface area contributed by atoms with Crippen molar-refractivity contribution in [1.29, 1.82) is 0 Å². The Morgan fingerprint density at radius 1 is 1.14 bits per heavy atom. The molecule has 0 aliphatic carbocycles. The van der Waals surface area contributed by atoms with Crippen molar-refractivity contribution in [2.75, 3.05) is 7.11 Å². The number of rotatable bonds is 2. The quantitative estimate of drug-likeness (QED) is 0.738. The molecule has 0 unspecified atom stereocenters. The van der Waals surface area contributed by atoms with E-state index in [1.807, 2.05) is 51.1 Å². The first-order valence-electron chi connectivity index (χ1n) is 9.48. The summed E-state index contributed by atoms with van der Waals surface area (Å²) in [7, 11) is 1.65. The predicted octanol–water partition coefficient (Wildman–Crippen LogP) is 3.80. The van der Waals surface area contributed by atoms with Crippen molar-refractivity contribution in [1.82, 2.24) is 10.6 Å². The van der Waals surface area contributed by atoms with Crippen LogP contribution in [0.4, 0.5) is 4.79 Å². The van der Waals surface area contributed by atoms with Gasteiger partial charge in [0.15, 0.2) is 5.72 Å². The largest absolute Gasteiger partial charge is 0.508 e. The monoisotopic (exact) mass is 382 g/mol. The number of hydrogen-bond acceptors (Lipinski definition) is 4. The minimum Gasteiger partial charge on any atom is -0.508 e. The highest BCUT2D eigenvalue weighted by atomic mass is 16.5. The van der Waals surface area contributed by atoms with Gasteiger partial charge in [-0.25, -0.2) is 4.79 Å². The zero-order chi connectivity index (χ0) is 20.1. The Morgan fingerprint density at radius 3 is 2.50 bits per heavy atom. The number of nitrogens with one attached hydrogen (secondary N) is 2. The number of methoxy groups -OCH3 is 1. The third-order valence-corrected chi connectivity index (χ3v) is 5.65. The van der Waals surface area contributed by atoms with E-state index in [-0.39, 0.29) is 17.7 Å². The second-order valence-electron chi connectivity index (χ2n) is 8.39. The normalized spacial score (nSPS) is 25.3. The van der Waals surface area contributed by atoms with Gasteiger partial charge in [0, 0.05) is 35.4 Å². The SMILES string of the molecule is COc1ccc([C@@H]2C[C@@]3(CC(C)(C)NC(=O)N3)Oc3c2ccc(O)c3C)cc1. The van der Waals surface area contributed by atoms with E-state index in [1.165, 1.54) is 0 Å². The summed E-state index contributed by atoms with van der Waals surface area (Å²) in [5.74, 6) is 1.64. The Kier molecular flexibility index (Phi) is 4.17. The van der Waals surface area contributed by atoms with Crippen LogP contribution in [-0.2, 0) is 0 Å². The number of carbonyl (C=O) groups excluding carboxylic acids is 1. The van der Waals surface area contributed by atoms with Crippen LogP contribution in [0.25, 0.3) is 0 Å². The number of fused-ring (bicyclic) bond motifs is 1. The van der Waals surface area contributed by atoms with Crippen LogP contribution >= 0.6 is 0 Å². The van der Waals surface area contributed by atoms with E-state index >= 15 is 0 Å². The van der Waals surface area contributed by atoms with Crippen LogP contribution in [0.3, 0.4) is 0 Å². The van der Waals surface area contributed by atoms with Gasteiger partial charge in [0.2, 0.25) is 0 Å². The number of amides is 2. The van der Waals surface area contributed by atoms with Crippen molar-refractivity contribution in [3.05, 3.63) is 53.1 Å². The molecular weight excluding hydrogens is 356 g/mol. The molecule has 0 bridgehead atoms. The second-order valence-corrected chi connectivity index (χ2v) is 8.39. The molecule has 0 aromatic heterocycles. The van der Waals surface area contributed by atoms with Crippen molar-refractivity contribution < 1.29 is 19.4 Å². The molecule has 1 spiro atoms. The highest BCUT2D eigenvalue weighted by molar-refractivity contribution is 5.77. The number of phenolic OH excluding ortho intramolecular Hbond substituents is 1. The number of benzene rings is 2. The van der Waals surface area contributed by atoms with Gasteiger partial charge in [-0.2, -0.15) is 0 Å². The Balaban J connectivity index is 1.83. The first-order chi connectivity index (χ1) is 13.2. The molecule has 2 amide bonds. The molecular formula is C22H26N2O4. The standard InChI is InChI=1S/C22H26N2O4/c1-13-18(25)10-9-16-17(14-5-7-15(27-4)8-6-14)11-22(28-19(13)16)12-21(2,3)23-20(26)24-22/h5-10,17,25H,11-12H2,1-4H3,(H2,23,24,26)/t17-,22-/m0/s1. The molecule has 3 N–H and O–H groups in total. The zero-order valence-electron chi connectivity index (χ0n) is 16.6. The van der Waals surface area contributed by atoms with E-state index in [0.29, 0.717) is 24.2 Å². The van der Waals surface area contributed by atoms with Crippen molar-refractivity contribution >= 4 is 6.03 Å². The maximum absolute atomic E-state index is 12.4. The van der Waals surface area contributed by atoms with E-state index in [9.17, 15) is 9.90 Å². The fourth-order valence-electron chi connectivity index (χ4n) is 4.46. The minimum atomic E-state index is -0.845. The van der Waals surface area contributed by atoms with Crippen LogP contribution in [0.5, 0.6) is 17.2 Å². The molecule has 1 saturated heterocycles. The summed E-state index contributed by atoms with van der Waals surface area (Å²) in [6, 6.07) is 11.3. The fourth-order valence-corrected chi connectivity index (χ4v) is 4.46. The molecule has 6 nitrogen and oxygen atoms in total. The summed E-state index contributed by atoms with van der Waals surface area (Å²) in [5.41, 5.74) is 1.55. The fraction of sp³-hybridized carbons (Fsp3) is 0.409. The predicted molar refractivity (Wildman–Crippen MR) is 106 cm³/mol. The van der Waals surface area contributed by atoms with Crippen molar-refractivity contribution in [2.24, 2.45) is 0 Å².